The molecule has 0 spiro atoms. The van der Waals surface area contributed by atoms with Crippen LogP contribution < -0.4 is 10.2 Å². The minimum Gasteiger partial charge on any atom is -0.349 e. The summed E-state index contributed by atoms with van der Waals surface area (Å²) >= 11 is 0. The standard InChI is InChI=1S/C19H19FN2O2/c1-13(14-6-3-2-4-7-14)21-19(24)15-10-18(23)22(12-15)17-9-5-8-16(20)11-17/h2-9,11,13,15H,10,12H2,1H3,(H,21,24). The fourth-order valence-corrected chi connectivity index (χ4v) is 2.93. The Morgan fingerprint density at radius 3 is 2.67 bits per heavy atom. The van der Waals surface area contributed by atoms with Gasteiger partial charge in [0.25, 0.3) is 0 Å². The van der Waals surface area contributed by atoms with Crippen LogP contribution in [0.5, 0.6) is 0 Å². The highest BCUT2D eigenvalue weighted by Gasteiger charge is 2.35. The van der Waals surface area contributed by atoms with E-state index in [9.17, 15) is 14.0 Å². The third kappa shape index (κ3) is 3.45. The summed E-state index contributed by atoms with van der Waals surface area (Å²) in [4.78, 5) is 26.1. The highest BCUT2D eigenvalue weighted by Crippen LogP contribution is 2.26. The van der Waals surface area contributed by atoms with Crippen LogP contribution in [0.1, 0.15) is 24.9 Å². The molecule has 2 amide bonds. The Balaban J connectivity index is 1.66. The molecule has 2 unspecified atom stereocenters. The van der Waals surface area contributed by atoms with E-state index in [0.29, 0.717) is 5.69 Å². The largest absolute Gasteiger partial charge is 0.349 e. The summed E-state index contributed by atoms with van der Waals surface area (Å²) in [5.41, 5.74) is 1.50. The molecule has 24 heavy (non-hydrogen) atoms. The van der Waals surface area contributed by atoms with Crippen molar-refractivity contribution < 1.29 is 14.0 Å². The van der Waals surface area contributed by atoms with Crippen LogP contribution in [0.2, 0.25) is 0 Å². The Labute approximate surface area is 140 Å². The molecule has 0 aromatic heterocycles. The van der Waals surface area contributed by atoms with Crippen molar-refractivity contribution in [1.82, 2.24) is 5.32 Å². The quantitative estimate of drug-likeness (QED) is 0.939. The molecule has 124 valence electrons. The number of carbonyl (C=O) groups excluding carboxylic acids is 2. The molecule has 1 heterocycles. The van der Waals surface area contributed by atoms with Gasteiger partial charge in [-0.05, 0) is 30.7 Å². The van der Waals surface area contributed by atoms with Crippen molar-refractivity contribution >= 4 is 17.5 Å². The Kier molecular flexibility index (Phi) is 4.60. The van der Waals surface area contributed by atoms with Gasteiger partial charge in [0.2, 0.25) is 11.8 Å². The van der Waals surface area contributed by atoms with Gasteiger partial charge in [-0.3, -0.25) is 9.59 Å². The molecule has 4 nitrogen and oxygen atoms in total. The minimum absolute atomic E-state index is 0.128. The molecule has 0 radical (unpaired) electrons. The maximum absolute atomic E-state index is 13.3. The summed E-state index contributed by atoms with van der Waals surface area (Å²) in [5, 5.41) is 2.95. The predicted octanol–water partition coefficient (Wildman–Crippen LogP) is 3.06. The molecule has 1 N–H and O–H groups in total. The second kappa shape index (κ2) is 6.83. The first-order chi connectivity index (χ1) is 11.5. The lowest BCUT2D eigenvalue weighted by molar-refractivity contribution is -0.126. The number of halogens is 1. The molecule has 0 aliphatic carbocycles. The van der Waals surface area contributed by atoms with Crippen LogP contribution in [0.15, 0.2) is 54.6 Å². The van der Waals surface area contributed by atoms with E-state index < -0.39 is 11.7 Å². The minimum atomic E-state index is -0.424. The smallest absolute Gasteiger partial charge is 0.227 e. The first-order valence-corrected chi connectivity index (χ1v) is 7.96. The van der Waals surface area contributed by atoms with Gasteiger partial charge in [-0.1, -0.05) is 36.4 Å². The topological polar surface area (TPSA) is 49.4 Å². The maximum Gasteiger partial charge on any atom is 0.227 e. The number of nitrogens with one attached hydrogen (secondary N) is 1. The van der Waals surface area contributed by atoms with Crippen LogP contribution in [0.25, 0.3) is 0 Å². The normalized spacial score (nSPS) is 18.5. The molecule has 5 heteroatoms. The summed E-state index contributed by atoms with van der Waals surface area (Å²) in [6.07, 6.45) is 0.143. The highest BCUT2D eigenvalue weighted by atomic mass is 19.1. The molecular formula is C19H19FN2O2. The van der Waals surface area contributed by atoms with Crippen LogP contribution in [-0.4, -0.2) is 18.4 Å². The van der Waals surface area contributed by atoms with Gasteiger partial charge in [-0.25, -0.2) is 4.39 Å². The lowest BCUT2D eigenvalue weighted by atomic mass is 10.1. The molecule has 3 rings (SSSR count). The van der Waals surface area contributed by atoms with Crippen molar-refractivity contribution in [1.29, 1.82) is 0 Å². The van der Waals surface area contributed by atoms with E-state index in [4.69, 9.17) is 0 Å². The Bertz CT molecular complexity index is 748. The number of hydrogen-bond donors (Lipinski definition) is 1. The van der Waals surface area contributed by atoms with Gasteiger partial charge in [0.1, 0.15) is 5.82 Å². The monoisotopic (exact) mass is 326 g/mol. The third-order valence-electron chi connectivity index (χ3n) is 4.27. The number of benzene rings is 2. The first-order valence-electron chi connectivity index (χ1n) is 7.96. The molecule has 0 saturated carbocycles. The van der Waals surface area contributed by atoms with E-state index in [0.717, 1.165) is 5.56 Å². The molecule has 1 saturated heterocycles. The molecule has 2 aromatic carbocycles. The van der Waals surface area contributed by atoms with Gasteiger partial charge in [0.05, 0.1) is 12.0 Å². The summed E-state index contributed by atoms with van der Waals surface area (Å²) in [5.74, 6) is -1.13. The summed E-state index contributed by atoms with van der Waals surface area (Å²) < 4.78 is 13.3. The number of hydrogen-bond acceptors (Lipinski definition) is 2. The van der Waals surface area contributed by atoms with E-state index in [1.165, 1.54) is 17.0 Å². The maximum atomic E-state index is 13.3. The van der Waals surface area contributed by atoms with Crippen molar-refractivity contribution in [2.75, 3.05) is 11.4 Å². The lowest BCUT2D eigenvalue weighted by Gasteiger charge is -2.19. The van der Waals surface area contributed by atoms with Crippen LogP contribution in [0.3, 0.4) is 0 Å². The first kappa shape index (κ1) is 16.2. The second-order valence-electron chi connectivity index (χ2n) is 6.03. The van der Waals surface area contributed by atoms with Gasteiger partial charge >= 0.3 is 0 Å². The van der Waals surface area contributed by atoms with Crippen LogP contribution in [0.4, 0.5) is 10.1 Å². The van der Waals surface area contributed by atoms with E-state index in [2.05, 4.69) is 5.32 Å². The number of amides is 2. The Hall–Kier alpha value is -2.69. The van der Waals surface area contributed by atoms with Gasteiger partial charge in [-0.2, -0.15) is 0 Å². The van der Waals surface area contributed by atoms with Gasteiger partial charge in [-0.15, -0.1) is 0 Å². The average molecular weight is 326 g/mol. The SMILES string of the molecule is CC(NC(=O)C1CC(=O)N(c2cccc(F)c2)C1)c1ccccc1. The number of anilines is 1. The fourth-order valence-electron chi connectivity index (χ4n) is 2.93. The van der Waals surface area contributed by atoms with Gasteiger partial charge in [0.15, 0.2) is 0 Å². The van der Waals surface area contributed by atoms with Crippen molar-refractivity contribution in [2.45, 2.75) is 19.4 Å². The Morgan fingerprint density at radius 1 is 1.21 bits per heavy atom. The molecule has 1 fully saturated rings. The van der Waals surface area contributed by atoms with Gasteiger partial charge < -0.3 is 10.2 Å². The highest BCUT2D eigenvalue weighted by molar-refractivity contribution is 6.00. The second-order valence-corrected chi connectivity index (χ2v) is 6.03. The molecule has 0 bridgehead atoms. The molecule has 2 aromatic rings. The number of rotatable bonds is 4. The van der Waals surface area contributed by atoms with E-state index >= 15 is 0 Å². The molecule has 1 aliphatic heterocycles. The van der Waals surface area contributed by atoms with Crippen LogP contribution in [0, 0.1) is 11.7 Å². The zero-order chi connectivity index (χ0) is 17.1. The summed E-state index contributed by atoms with van der Waals surface area (Å²) in [6.45, 7) is 2.18. The molecule has 1 aliphatic rings. The van der Waals surface area contributed by atoms with E-state index in [1.54, 1.807) is 12.1 Å². The van der Waals surface area contributed by atoms with E-state index in [-0.39, 0.29) is 30.8 Å². The predicted molar refractivity (Wildman–Crippen MR) is 89.9 cm³/mol. The van der Waals surface area contributed by atoms with Crippen molar-refractivity contribution in [3.05, 3.63) is 66.0 Å². The number of carbonyl (C=O) groups is 2. The van der Waals surface area contributed by atoms with Crippen molar-refractivity contribution in [3.63, 3.8) is 0 Å². The molecular weight excluding hydrogens is 307 g/mol. The lowest BCUT2D eigenvalue weighted by Crippen LogP contribution is -2.34. The number of nitrogens with zero attached hydrogens (tertiary/aromatic N) is 1. The summed E-state index contributed by atoms with van der Waals surface area (Å²) in [7, 11) is 0. The Morgan fingerprint density at radius 2 is 1.96 bits per heavy atom. The zero-order valence-electron chi connectivity index (χ0n) is 13.4. The fraction of sp³-hybridized carbons (Fsp3) is 0.263. The molecule has 2 atom stereocenters. The zero-order valence-corrected chi connectivity index (χ0v) is 13.4. The van der Waals surface area contributed by atoms with Crippen molar-refractivity contribution in [2.24, 2.45) is 5.92 Å². The van der Waals surface area contributed by atoms with Crippen LogP contribution in [-0.2, 0) is 9.59 Å². The van der Waals surface area contributed by atoms with Crippen LogP contribution >= 0.6 is 0 Å². The third-order valence-corrected chi connectivity index (χ3v) is 4.27. The van der Waals surface area contributed by atoms with Gasteiger partial charge in [0, 0.05) is 18.7 Å². The van der Waals surface area contributed by atoms with Crippen molar-refractivity contribution in [3.8, 4) is 0 Å². The average Bonchev–Trinajstić information content (AvgIpc) is 2.97. The van der Waals surface area contributed by atoms with E-state index in [1.807, 2.05) is 37.3 Å². The summed E-state index contributed by atoms with van der Waals surface area (Å²) in [6, 6.07) is 15.4.